The van der Waals surface area contributed by atoms with Crippen molar-refractivity contribution in [1.82, 2.24) is 0 Å². The molecule has 0 aliphatic carbocycles. The molecule has 3 N–H and O–H groups in total. The summed E-state index contributed by atoms with van der Waals surface area (Å²) < 4.78 is 0. The number of rotatable bonds is 1. The highest BCUT2D eigenvalue weighted by atomic mass is 28.3. The van der Waals surface area contributed by atoms with Gasteiger partial charge in [-0.25, -0.2) is 0 Å². The minimum absolute atomic E-state index is 0.448. The molecule has 1 rings (SSSR count). The van der Waals surface area contributed by atoms with Gasteiger partial charge in [0.05, 0.1) is 13.7 Å². The molecule has 10 heavy (non-hydrogen) atoms. The van der Waals surface area contributed by atoms with Crippen LogP contribution >= 0.6 is 0 Å². The molecule has 0 amide bonds. The van der Waals surface area contributed by atoms with Crippen molar-refractivity contribution in [2.24, 2.45) is 5.73 Å². The summed E-state index contributed by atoms with van der Waals surface area (Å²) in [5.74, 6) is 0. The van der Waals surface area contributed by atoms with E-state index in [1.54, 1.807) is 0 Å². The molecule has 1 aliphatic rings. The quantitative estimate of drug-likeness (QED) is 0.556. The zero-order valence-electron chi connectivity index (χ0n) is 6.85. The van der Waals surface area contributed by atoms with Gasteiger partial charge in [0.2, 0.25) is 0 Å². The molecule has 0 unspecified atom stereocenters. The molecule has 0 radical (unpaired) electrons. The number of hydrogen-bond donors (Lipinski definition) is 2. The molecule has 1 atom stereocenters. The Bertz CT molecular complexity index is 138. The molecule has 3 heteroatoms. The van der Waals surface area contributed by atoms with E-state index < -0.39 is 13.7 Å². The zero-order valence-corrected chi connectivity index (χ0v) is 7.85. The predicted octanol–water partition coefficient (Wildman–Crippen LogP) is 0.788. The van der Waals surface area contributed by atoms with E-state index in [4.69, 9.17) is 5.73 Å². The van der Waals surface area contributed by atoms with Gasteiger partial charge >= 0.3 is 0 Å². The summed E-state index contributed by atoms with van der Waals surface area (Å²) >= 11 is 0. The average Bonchev–Trinajstić information content (AvgIpc) is 2.08. The van der Waals surface area contributed by atoms with Crippen LogP contribution in [0, 0.1) is 0 Å². The predicted molar refractivity (Wildman–Crippen MR) is 45.7 cm³/mol. The Labute approximate surface area is 63.4 Å². The van der Waals surface area contributed by atoms with Crippen molar-refractivity contribution in [3.8, 4) is 0 Å². The summed E-state index contributed by atoms with van der Waals surface area (Å²) in [6.07, 6.45) is 0.933. The largest absolute Gasteiger partial charge is 0.389 e. The minimum Gasteiger partial charge on any atom is -0.389 e. The van der Waals surface area contributed by atoms with Crippen LogP contribution in [0.3, 0.4) is 0 Å². The van der Waals surface area contributed by atoms with Crippen LogP contribution in [0.5, 0.6) is 0 Å². The molecular weight excluding hydrogens is 142 g/mol. The van der Waals surface area contributed by atoms with Crippen LogP contribution in [0.4, 0.5) is 0 Å². The Morgan fingerprint density at radius 1 is 1.60 bits per heavy atom. The zero-order chi connectivity index (χ0) is 7.83. The normalized spacial score (nSPS) is 38.4. The fourth-order valence-corrected chi connectivity index (χ4v) is 5.23. The molecule has 0 aromatic rings. The van der Waals surface area contributed by atoms with Crippen molar-refractivity contribution in [2.45, 2.75) is 37.2 Å². The molecular formula is C7H17NOSi. The summed E-state index contributed by atoms with van der Waals surface area (Å²) in [6, 6.07) is 2.23. The first-order valence-corrected chi connectivity index (χ1v) is 7.31. The van der Waals surface area contributed by atoms with E-state index in [-0.39, 0.29) is 0 Å². The maximum Gasteiger partial charge on any atom is 0.0743 e. The highest BCUT2D eigenvalue weighted by Gasteiger charge is 2.41. The van der Waals surface area contributed by atoms with Crippen LogP contribution in [0.2, 0.25) is 25.2 Å². The summed E-state index contributed by atoms with van der Waals surface area (Å²) in [5, 5.41) is 9.75. The monoisotopic (exact) mass is 159 g/mol. The lowest BCUT2D eigenvalue weighted by atomic mass is 10.1. The summed E-state index contributed by atoms with van der Waals surface area (Å²) in [6.45, 7) is 5.09. The molecule has 0 saturated carbocycles. The smallest absolute Gasteiger partial charge is 0.0743 e. The summed E-state index contributed by atoms with van der Waals surface area (Å²) in [4.78, 5) is 0. The molecule has 0 aromatic carbocycles. The van der Waals surface area contributed by atoms with E-state index in [0.717, 1.165) is 12.5 Å². The third-order valence-corrected chi connectivity index (χ3v) is 5.67. The fraction of sp³-hybridized carbons (Fsp3) is 1.00. The van der Waals surface area contributed by atoms with Crippen LogP contribution < -0.4 is 5.73 Å². The number of aliphatic hydroxyl groups is 1. The van der Waals surface area contributed by atoms with Gasteiger partial charge in [-0.3, -0.25) is 0 Å². The molecule has 0 spiro atoms. The van der Waals surface area contributed by atoms with Crippen LogP contribution in [0.25, 0.3) is 0 Å². The number of hydrogen-bond acceptors (Lipinski definition) is 2. The molecule has 1 aliphatic heterocycles. The Morgan fingerprint density at radius 2 is 2.20 bits per heavy atom. The van der Waals surface area contributed by atoms with Gasteiger partial charge in [0.15, 0.2) is 0 Å². The second-order valence-corrected chi connectivity index (χ2v) is 9.45. The second-order valence-electron chi connectivity index (χ2n) is 4.27. The minimum atomic E-state index is -1.03. The topological polar surface area (TPSA) is 46.2 Å². The van der Waals surface area contributed by atoms with Crippen molar-refractivity contribution < 1.29 is 5.11 Å². The SMILES string of the molecule is C[Si]1(C)CC[C@](O)(CN)C1. The van der Waals surface area contributed by atoms with E-state index >= 15 is 0 Å². The van der Waals surface area contributed by atoms with Crippen molar-refractivity contribution in [2.75, 3.05) is 6.54 Å². The van der Waals surface area contributed by atoms with Gasteiger partial charge < -0.3 is 10.8 Å². The van der Waals surface area contributed by atoms with Crippen molar-refractivity contribution in [1.29, 1.82) is 0 Å². The summed E-state index contributed by atoms with van der Waals surface area (Å²) in [7, 11) is -1.03. The third kappa shape index (κ3) is 1.59. The highest BCUT2D eigenvalue weighted by Crippen LogP contribution is 2.37. The first-order chi connectivity index (χ1) is 4.47. The van der Waals surface area contributed by atoms with Gasteiger partial charge in [-0.05, 0) is 12.5 Å². The van der Waals surface area contributed by atoms with Gasteiger partial charge in [-0.1, -0.05) is 19.1 Å². The van der Waals surface area contributed by atoms with Gasteiger partial charge in [0.25, 0.3) is 0 Å². The van der Waals surface area contributed by atoms with E-state index in [0.29, 0.717) is 6.54 Å². The van der Waals surface area contributed by atoms with Crippen molar-refractivity contribution >= 4 is 8.07 Å². The fourth-order valence-electron chi connectivity index (χ4n) is 1.81. The molecule has 0 aromatic heterocycles. The highest BCUT2D eigenvalue weighted by molar-refractivity contribution is 6.78. The molecule has 2 nitrogen and oxygen atoms in total. The first kappa shape index (κ1) is 8.24. The van der Waals surface area contributed by atoms with Gasteiger partial charge in [-0.15, -0.1) is 0 Å². The van der Waals surface area contributed by atoms with Crippen LogP contribution in [0.15, 0.2) is 0 Å². The van der Waals surface area contributed by atoms with Crippen LogP contribution in [-0.2, 0) is 0 Å². The first-order valence-electron chi connectivity index (χ1n) is 3.90. The van der Waals surface area contributed by atoms with Gasteiger partial charge in [0.1, 0.15) is 0 Å². The van der Waals surface area contributed by atoms with Crippen molar-refractivity contribution in [3.05, 3.63) is 0 Å². The maximum absolute atomic E-state index is 9.75. The van der Waals surface area contributed by atoms with E-state index in [9.17, 15) is 5.11 Å². The van der Waals surface area contributed by atoms with Crippen molar-refractivity contribution in [3.63, 3.8) is 0 Å². The molecule has 1 heterocycles. The van der Waals surface area contributed by atoms with E-state index in [1.165, 1.54) is 6.04 Å². The molecule has 0 bridgehead atoms. The maximum atomic E-state index is 9.75. The summed E-state index contributed by atoms with van der Waals surface area (Å²) in [5.41, 5.74) is 4.97. The Balaban J connectivity index is 2.57. The lowest BCUT2D eigenvalue weighted by molar-refractivity contribution is 0.0733. The Hall–Kier alpha value is 0.137. The molecule has 1 saturated heterocycles. The third-order valence-electron chi connectivity index (χ3n) is 2.45. The Morgan fingerprint density at radius 3 is 2.40 bits per heavy atom. The van der Waals surface area contributed by atoms with Gasteiger partial charge in [-0.2, -0.15) is 0 Å². The molecule has 1 fully saturated rings. The standard InChI is InChI=1S/C7H17NOSi/c1-10(2)4-3-7(9,5-8)6-10/h9H,3-6,8H2,1-2H3/t7-/m0/s1. The van der Waals surface area contributed by atoms with E-state index in [2.05, 4.69) is 13.1 Å². The lowest BCUT2D eigenvalue weighted by Crippen LogP contribution is -2.36. The molecule has 60 valence electrons. The van der Waals surface area contributed by atoms with Gasteiger partial charge in [0, 0.05) is 6.54 Å². The van der Waals surface area contributed by atoms with E-state index in [1.807, 2.05) is 0 Å². The van der Waals surface area contributed by atoms with Crippen LogP contribution in [-0.4, -0.2) is 25.3 Å². The lowest BCUT2D eigenvalue weighted by Gasteiger charge is -2.21. The number of nitrogens with two attached hydrogens (primary N) is 1. The Kier molecular flexibility index (Phi) is 1.91. The van der Waals surface area contributed by atoms with Crippen LogP contribution in [0.1, 0.15) is 6.42 Å². The average molecular weight is 159 g/mol. The second kappa shape index (κ2) is 2.32.